The molecule has 0 aromatic rings. The number of aliphatic hydroxyl groups is 2. The van der Waals surface area contributed by atoms with Gasteiger partial charge in [-0.25, -0.2) is 4.79 Å². The molecular formula is C30H46N2O6S2. The van der Waals surface area contributed by atoms with Crippen LogP contribution in [-0.2, 0) is 14.4 Å². The molecule has 2 unspecified atom stereocenters. The van der Waals surface area contributed by atoms with Crippen molar-refractivity contribution in [1.29, 1.82) is 0 Å². The first-order chi connectivity index (χ1) is 19.4. The van der Waals surface area contributed by atoms with E-state index in [4.69, 9.17) is 10.2 Å². The Labute approximate surface area is 247 Å². The highest BCUT2D eigenvalue weighted by Crippen LogP contribution is 2.19. The number of allylic oxidation sites excluding steroid dienone is 12. The van der Waals surface area contributed by atoms with Crippen molar-refractivity contribution in [3.05, 3.63) is 72.9 Å². The molecule has 0 saturated heterocycles. The van der Waals surface area contributed by atoms with E-state index >= 15 is 0 Å². The summed E-state index contributed by atoms with van der Waals surface area (Å²) in [7, 11) is 3.01. The second-order valence-corrected chi connectivity index (χ2v) is 11.2. The summed E-state index contributed by atoms with van der Waals surface area (Å²) in [5, 5.41) is 32.3. The second-order valence-electron chi connectivity index (χ2n) is 8.47. The normalized spacial score (nSPS) is 13.9. The van der Waals surface area contributed by atoms with Gasteiger partial charge in [0.1, 0.15) is 0 Å². The van der Waals surface area contributed by atoms with Gasteiger partial charge in [0.05, 0.1) is 0 Å². The zero-order valence-corrected chi connectivity index (χ0v) is 25.1. The minimum Gasteiger partial charge on any atom is -0.479 e. The molecule has 0 fully saturated rings. The van der Waals surface area contributed by atoms with Crippen molar-refractivity contribution in [3.63, 3.8) is 0 Å². The van der Waals surface area contributed by atoms with Gasteiger partial charge in [0.25, 0.3) is 5.91 Å². The molecule has 0 rings (SSSR count). The predicted molar refractivity (Wildman–Crippen MR) is 168 cm³/mol. The molecule has 2 atom stereocenters. The van der Waals surface area contributed by atoms with Crippen LogP contribution in [0.15, 0.2) is 72.9 Å². The third-order valence-electron chi connectivity index (χ3n) is 5.03. The highest BCUT2D eigenvalue weighted by Gasteiger charge is 2.29. The van der Waals surface area contributed by atoms with E-state index in [1.165, 1.54) is 21.6 Å². The fourth-order valence-electron chi connectivity index (χ4n) is 2.89. The number of carboxylic acids is 1. The fraction of sp³-hybridized carbons (Fsp3) is 0.500. The van der Waals surface area contributed by atoms with Crippen molar-refractivity contribution in [1.82, 2.24) is 10.6 Å². The van der Waals surface area contributed by atoms with Gasteiger partial charge in [0, 0.05) is 31.0 Å². The molecule has 0 radical (unpaired) electrons. The van der Waals surface area contributed by atoms with Crippen molar-refractivity contribution in [2.24, 2.45) is 0 Å². The molecule has 5 N–H and O–H groups in total. The summed E-state index contributed by atoms with van der Waals surface area (Å²) in [6, 6.07) is 0. The van der Waals surface area contributed by atoms with Crippen LogP contribution in [0, 0.1) is 0 Å². The lowest BCUT2D eigenvalue weighted by molar-refractivity contribution is -0.158. The lowest BCUT2D eigenvalue weighted by Gasteiger charge is -2.13. The Morgan fingerprint density at radius 2 is 1.07 bits per heavy atom. The van der Waals surface area contributed by atoms with E-state index < -0.39 is 24.1 Å². The van der Waals surface area contributed by atoms with Crippen LogP contribution in [0.4, 0.5) is 0 Å². The van der Waals surface area contributed by atoms with Crippen molar-refractivity contribution >= 4 is 39.4 Å². The number of aliphatic hydroxyl groups excluding tert-OH is 2. The maximum Gasteiger partial charge on any atom is 0.335 e. The Morgan fingerprint density at radius 1 is 0.650 bits per heavy atom. The maximum absolute atomic E-state index is 11.9. The molecule has 0 heterocycles. The smallest absolute Gasteiger partial charge is 0.335 e. The summed E-state index contributed by atoms with van der Waals surface area (Å²) in [5.41, 5.74) is 0. The molecule has 2 amide bonds. The number of carboxylic acid groups (broad SMARTS) is 1. The third-order valence-corrected chi connectivity index (χ3v) is 7.44. The zero-order valence-electron chi connectivity index (χ0n) is 23.5. The summed E-state index contributed by atoms with van der Waals surface area (Å²) in [5.74, 6) is -1.36. The number of aliphatic carboxylic acids is 1. The molecule has 0 aliphatic carbocycles. The van der Waals surface area contributed by atoms with Gasteiger partial charge in [-0.3, -0.25) is 9.59 Å². The number of carbonyl (C=O) groups excluding carboxylic acids is 2. The Hall–Kier alpha value is -2.53. The number of hydrogen-bond acceptors (Lipinski definition) is 7. The minimum atomic E-state index is -2.15. The summed E-state index contributed by atoms with van der Waals surface area (Å²) >= 11 is 0. The Morgan fingerprint density at radius 3 is 1.52 bits per heavy atom. The molecule has 0 aliphatic rings. The second kappa shape index (κ2) is 28.0. The number of nitrogens with one attached hydrogen (secondary N) is 2. The average Bonchev–Trinajstić information content (AvgIpc) is 2.94. The number of hydrogen-bond donors (Lipinski definition) is 5. The lowest BCUT2D eigenvalue weighted by Crippen LogP contribution is -2.46. The van der Waals surface area contributed by atoms with E-state index in [9.17, 15) is 19.5 Å². The molecule has 40 heavy (non-hydrogen) atoms. The SMILES string of the molecule is CCC=CCC=CCC=CCC=CCC=CCC=CCCC(=O)NCCSSCCNC(=O)C(O)C(O)C(=O)O. The van der Waals surface area contributed by atoms with Crippen molar-refractivity contribution in [2.45, 2.75) is 70.5 Å². The van der Waals surface area contributed by atoms with E-state index in [0.29, 0.717) is 30.9 Å². The van der Waals surface area contributed by atoms with Crippen LogP contribution in [0.5, 0.6) is 0 Å². The highest BCUT2D eigenvalue weighted by atomic mass is 33.1. The summed E-state index contributed by atoms with van der Waals surface area (Å²) in [6.07, 6.45) is 28.6. The Kier molecular flexibility index (Phi) is 26.2. The lowest BCUT2D eigenvalue weighted by atomic mass is 10.2. The van der Waals surface area contributed by atoms with E-state index in [0.717, 1.165) is 38.5 Å². The van der Waals surface area contributed by atoms with Gasteiger partial charge in [0.15, 0.2) is 12.2 Å². The number of amides is 2. The molecule has 0 spiro atoms. The molecule has 8 nitrogen and oxygen atoms in total. The average molecular weight is 595 g/mol. The van der Waals surface area contributed by atoms with Gasteiger partial charge in [-0.1, -0.05) is 101 Å². The molecule has 0 bridgehead atoms. The Balaban J connectivity index is 3.61. The fourth-order valence-corrected chi connectivity index (χ4v) is 4.70. The molecule has 10 heteroatoms. The third kappa shape index (κ3) is 24.5. The first kappa shape index (κ1) is 37.5. The quantitative estimate of drug-likeness (QED) is 0.0606. The van der Waals surface area contributed by atoms with Crippen LogP contribution in [0.25, 0.3) is 0 Å². The number of carbonyl (C=O) groups is 3. The van der Waals surface area contributed by atoms with Crippen LogP contribution >= 0.6 is 21.6 Å². The van der Waals surface area contributed by atoms with Crippen molar-refractivity contribution in [3.8, 4) is 0 Å². The van der Waals surface area contributed by atoms with E-state index in [1.807, 2.05) is 6.08 Å². The van der Waals surface area contributed by atoms with Crippen LogP contribution in [-0.4, -0.2) is 69.9 Å². The van der Waals surface area contributed by atoms with Gasteiger partial charge in [-0.2, -0.15) is 0 Å². The monoisotopic (exact) mass is 594 g/mol. The predicted octanol–water partition coefficient (Wildman–Crippen LogP) is 4.88. The molecule has 0 saturated carbocycles. The van der Waals surface area contributed by atoms with E-state index in [1.54, 1.807) is 0 Å². The first-order valence-corrected chi connectivity index (χ1v) is 16.2. The van der Waals surface area contributed by atoms with Crippen molar-refractivity contribution in [2.75, 3.05) is 24.6 Å². The minimum absolute atomic E-state index is 0.00312. The molecular weight excluding hydrogens is 548 g/mol. The van der Waals surface area contributed by atoms with Gasteiger partial charge in [-0.05, 0) is 44.9 Å². The summed E-state index contributed by atoms with van der Waals surface area (Å²) < 4.78 is 0. The van der Waals surface area contributed by atoms with Gasteiger partial charge < -0.3 is 26.0 Å². The maximum atomic E-state index is 11.9. The number of rotatable bonds is 24. The topological polar surface area (TPSA) is 136 Å². The highest BCUT2D eigenvalue weighted by molar-refractivity contribution is 8.76. The van der Waals surface area contributed by atoms with Crippen LogP contribution in [0.2, 0.25) is 0 Å². The van der Waals surface area contributed by atoms with Crippen LogP contribution < -0.4 is 10.6 Å². The molecule has 0 aromatic heterocycles. The van der Waals surface area contributed by atoms with Gasteiger partial charge in [-0.15, -0.1) is 0 Å². The van der Waals surface area contributed by atoms with Crippen LogP contribution in [0.3, 0.4) is 0 Å². The van der Waals surface area contributed by atoms with Crippen molar-refractivity contribution < 1.29 is 29.7 Å². The molecule has 0 aromatic carbocycles. The summed E-state index contributed by atoms with van der Waals surface area (Å²) in [4.78, 5) is 33.9. The van der Waals surface area contributed by atoms with E-state index in [2.05, 4.69) is 84.4 Å². The Bertz CT molecular complexity index is 868. The zero-order chi connectivity index (χ0) is 29.7. The van der Waals surface area contributed by atoms with Gasteiger partial charge in [0.2, 0.25) is 5.91 Å². The standard InChI is InChI=1S/C30H46N2O6S2/c1-2-3-4-5-6-7-8-9-10-11-12-13-14-15-16-17-18-19-20-21-26(33)31-22-24-39-40-25-23-32-29(36)27(34)28(35)30(37)38/h3-4,6-7,9-10,12-13,15-16,18-19,27-28,34-35H,2,5,8,11,14,17,20-25H2,1H3,(H,31,33)(H,32,36)(H,37,38). The van der Waals surface area contributed by atoms with Crippen LogP contribution in [0.1, 0.15) is 58.3 Å². The largest absolute Gasteiger partial charge is 0.479 e. The summed E-state index contributed by atoms with van der Waals surface area (Å²) in [6.45, 7) is 2.90. The first-order valence-electron chi connectivity index (χ1n) is 13.7. The van der Waals surface area contributed by atoms with E-state index in [-0.39, 0.29) is 12.5 Å². The van der Waals surface area contributed by atoms with Gasteiger partial charge >= 0.3 is 5.97 Å². The molecule has 224 valence electrons. The molecule has 0 aliphatic heterocycles.